The molecule has 0 radical (unpaired) electrons. The van der Waals surface area contributed by atoms with Crippen LogP contribution in [0.5, 0.6) is 0 Å². The third-order valence-corrected chi connectivity index (χ3v) is 5.43. The molecule has 0 rings (SSSR count). The molecule has 0 spiro atoms. The van der Waals surface area contributed by atoms with Gasteiger partial charge in [0, 0.05) is 0 Å². The van der Waals surface area contributed by atoms with Gasteiger partial charge in [0.05, 0.1) is 0 Å². The Morgan fingerprint density at radius 1 is 1.29 bits per heavy atom. The van der Waals surface area contributed by atoms with E-state index in [1.807, 2.05) is 0 Å². The summed E-state index contributed by atoms with van der Waals surface area (Å²) >= 11 is 6.01. The SMILES string of the molecule is CC(C)[Si](C)(C)Cl. The Kier molecular flexibility index (Phi) is 2.34. The predicted octanol–water partition coefficient (Wildman–Crippen LogP) is 2.84. The highest BCUT2D eigenvalue weighted by atomic mass is 35.6. The van der Waals surface area contributed by atoms with Gasteiger partial charge in [-0.2, -0.15) is 11.1 Å². The maximum atomic E-state index is 6.01. The van der Waals surface area contributed by atoms with E-state index in [0.29, 0.717) is 5.54 Å². The van der Waals surface area contributed by atoms with E-state index < -0.39 is 7.38 Å². The first-order valence-electron chi connectivity index (χ1n) is 2.63. The molecule has 0 amide bonds. The normalized spacial score (nSPS) is 12.9. The quantitative estimate of drug-likeness (QED) is 0.384. The molecule has 0 N–H and O–H groups in total. The third-order valence-electron chi connectivity index (χ3n) is 1.37. The van der Waals surface area contributed by atoms with Crippen LogP contribution >= 0.6 is 11.1 Å². The second-order valence-corrected chi connectivity index (χ2v) is 9.93. The van der Waals surface area contributed by atoms with Gasteiger partial charge in [-0.15, -0.1) is 0 Å². The van der Waals surface area contributed by atoms with E-state index in [9.17, 15) is 0 Å². The highest BCUT2D eigenvalue weighted by molar-refractivity contribution is 7.19. The molecule has 7 heavy (non-hydrogen) atoms. The van der Waals surface area contributed by atoms with Crippen LogP contribution in [0.25, 0.3) is 0 Å². The van der Waals surface area contributed by atoms with Crippen LogP contribution in [0.2, 0.25) is 18.6 Å². The molecule has 0 heterocycles. The molecule has 0 atom stereocenters. The zero-order chi connectivity index (χ0) is 6.08. The molecule has 0 saturated carbocycles. The third kappa shape index (κ3) is 3.12. The Morgan fingerprint density at radius 3 is 1.43 bits per heavy atom. The van der Waals surface area contributed by atoms with Gasteiger partial charge in [-0.1, -0.05) is 26.9 Å². The first-order chi connectivity index (χ1) is 2.94. The van der Waals surface area contributed by atoms with Gasteiger partial charge in [0.1, 0.15) is 0 Å². The fraction of sp³-hybridized carbons (Fsp3) is 1.00. The highest BCUT2D eigenvalue weighted by Gasteiger charge is 2.20. The van der Waals surface area contributed by atoms with Crippen LogP contribution in [0.1, 0.15) is 13.8 Å². The average molecular weight is 137 g/mol. The fourth-order valence-electron chi connectivity index (χ4n) is 0. The summed E-state index contributed by atoms with van der Waals surface area (Å²) in [7, 11) is -1.26. The van der Waals surface area contributed by atoms with Gasteiger partial charge in [-0.3, -0.25) is 0 Å². The maximum Gasteiger partial charge on any atom is 0.152 e. The van der Waals surface area contributed by atoms with E-state index in [0.717, 1.165) is 0 Å². The second kappa shape index (κ2) is 2.18. The molecule has 0 aromatic rings. The van der Waals surface area contributed by atoms with Crippen molar-refractivity contribution >= 4 is 18.5 Å². The zero-order valence-corrected chi connectivity index (χ0v) is 7.21. The van der Waals surface area contributed by atoms with Gasteiger partial charge < -0.3 is 0 Å². The number of hydrogen-bond acceptors (Lipinski definition) is 0. The minimum Gasteiger partial charge on any atom is -0.167 e. The van der Waals surface area contributed by atoms with Crippen molar-refractivity contribution in [3.8, 4) is 0 Å². The predicted molar refractivity (Wildman–Crippen MR) is 38.4 cm³/mol. The fourth-order valence-corrected chi connectivity index (χ4v) is 0. The Labute approximate surface area is 51.6 Å². The lowest BCUT2D eigenvalue weighted by Crippen LogP contribution is -2.20. The topological polar surface area (TPSA) is 0 Å². The monoisotopic (exact) mass is 136 g/mol. The molecular weight excluding hydrogens is 124 g/mol. The zero-order valence-electron chi connectivity index (χ0n) is 5.46. The molecule has 44 valence electrons. The van der Waals surface area contributed by atoms with Crippen LogP contribution in [0, 0.1) is 0 Å². The van der Waals surface area contributed by atoms with Crippen molar-refractivity contribution in [3.63, 3.8) is 0 Å². The van der Waals surface area contributed by atoms with Crippen LogP contribution in [0.4, 0.5) is 0 Å². The van der Waals surface area contributed by atoms with Gasteiger partial charge in [0.15, 0.2) is 7.38 Å². The first kappa shape index (κ1) is 7.51. The highest BCUT2D eigenvalue weighted by Crippen LogP contribution is 2.23. The molecule has 0 aliphatic rings. The van der Waals surface area contributed by atoms with E-state index in [-0.39, 0.29) is 0 Å². The van der Waals surface area contributed by atoms with Crippen molar-refractivity contribution in [2.75, 3.05) is 0 Å². The summed E-state index contributed by atoms with van der Waals surface area (Å²) in [6.45, 7) is 8.69. The molecule has 0 nitrogen and oxygen atoms in total. The second-order valence-electron chi connectivity index (χ2n) is 2.72. The summed E-state index contributed by atoms with van der Waals surface area (Å²) < 4.78 is 0. The van der Waals surface area contributed by atoms with Crippen molar-refractivity contribution in [3.05, 3.63) is 0 Å². The number of hydrogen-bond donors (Lipinski definition) is 0. The molecule has 0 saturated heterocycles. The van der Waals surface area contributed by atoms with E-state index in [2.05, 4.69) is 26.9 Å². The Balaban J connectivity index is 3.54. The van der Waals surface area contributed by atoms with Crippen LogP contribution in [0.15, 0.2) is 0 Å². The summed E-state index contributed by atoms with van der Waals surface area (Å²) in [6.07, 6.45) is 0. The molecule has 0 aliphatic carbocycles. The first-order valence-corrected chi connectivity index (χ1v) is 6.72. The van der Waals surface area contributed by atoms with Gasteiger partial charge in [-0.05, 0) is 5.54 Å². The lowest BCUT2D eigenvalue weighted by Gasteiger charge is -2.16. The van der Waals surface area contributed by atoms with Gasteiger partial charge in [0.2, 0.25) is 0 Å². The lowest BCUT2D eigenvalue weighted by atomic mass is 10.6. The van der Waals surface area contributed by atoms with Gasteiger partial charge in [0.25, 0.3) is 0 Å². The van der Waals surface area contributed by atoms with Crippen molar-refractivity contribution in [2.24, 2.45) is 0 Å². The van der Waals surface area contributed by atoms with E-state index >= 15 is 0 Å². The van der Waals surface area contributed by atoms with E-state index in [4.69, 9.17) is 11.1 Å². The van der Waals surface area contributed by atoms with E-state index in [1.165, 1.54) is 0 Å². The smallest absolute Gasteiger partial charge is 0.152 e. The lowest BCUT2D eigenvalue weighted by molar-refractivity contribution is 1.03. The van der Waals surface area contributed by atoms with Crippen LogP contribution in [-0.4, -0.2) is 7.38 Å². The van der Waals surface area contributed by atoms with Crippen molar-refractivity contribution in [1.82, 2.24) is 0 Å². The van der Waals surface area contributed by atoms with Crippen molar-refractivity contribution in [2.45, 2.75) is 32.5 Å². The molecular formula is C5H13ClSi. The molecule has 0 aliphatic heterocycles. The van der Waals surface area contributed by atoms with Crippen molar-refractivity contribution in [1.29, 1.82) is 0 Å². The number of rotatable bonds is 1. The summed E-state index contributed by atoms with van der Waals surface area (Å²) in [5, 5.41) is 0. The summed E-state index contributed by atoms with van der Waals surface area (Å²) in [6, 6.07) is 0. The Bertz CT molecular complexity index is 53.6. The minimum absolute atomic E-state index is 0.703. The minimum atomic E-state index is -1.26. The Hall–Kier alpha value is 0.507. The van der Waals surface area contributed by atoms with Crippen molar-refractivity contribution < 1.29 is 0 Å². The maximum absolute atomic E-state index is 6.01. The molecule has 0 aromatic carbocycles. The molecule has 0 bridgehead atoms. The molecule has 0 aromatic heterocycles. The van der Waals surface area contributed by atoms with Gasteiger partial charge >= 0.3 is 0 Å². The Morgan fingerprint density at radius 2 is 1.43 bits per heavy atom. The summed E-state index contributed by atoms with van der Waals surface area (Å²) in [4.78, 5) is 0. The van der Waals surface area contributed by atoms with E-state index in [1.54, 1.807) is 0 Å². The molecule has 0 fully saturated rings. The summed E-state index contributed by atoms with van der Waals surface area (Å²) in [5.41, 5.74) is 0.703. The largest absolute Gasteiger partial charge is 0.167 e. The standard InChI is InChI=1S/C5H13ClSi/c1-5(2)7(3,4)6/h5H,1-4H3. The van der Waals surface area contributed by atoms with Crippen LogP contribution in [-0.2, 0) is 0 Å². The van der Waals surface area contributed by atoms with Crippen LogP contribution in [0.3, 0.4) is 0 Å². The molecule has 2 heteroatoms. The summed E-state index contributed by atoms with van der Waals surface area (Å²) in [5.74, 6) is 0. The molecule has 0 unspecified atom stereocenters. The van der Waals surface area contributed by atoms with Gasteiger partial charge in [-0.25, -0.2) is 0 Å². The average Bonchev–Trinajstić information content (AvgIpc) is 1.31. The van der Waals surface area contributed by atoms with Crippen LogP contribution < -0.4 is 0 Å². The number of halogens is 1.